The first kappa shape index (κ1) is 24.5. The van der Waals surface area contributed by atoms with Crippen molar-refractivity contribution in [2.45, 2.75) is 38.5 Å². The predicted molar refractivity (Wildman–Crippen MR) is 129 cm³/mol. The van der Waals surface area contributed by atoms with Crippen LogP contribution < -0.4 is 9.47 Å². The molecule has 0 aliphatic heterocycles. The van der Waals surface area contributed by atoms with Gasteiger partial charge in [0.05, 0.1) is 26.4 Å². The average molecular weight is 455 g/mol. The molecule has 6 heteroatoms. The Morgan fingerprint density at radius 1 is 0.647 bits per heavy atom. The van der Waals surface area contributed by atoms with Gasteiger partial charge in [-0.05, 0) is 61.1 Å². The summed E-state index contributed by atoms with van der Waals surface area (Å²) in [5.41, 5.74) is 2.84. The Bertz CT molecular complexity index is 1110. The number of nitriles is 2. The van der Waals surface area contributed by atoms with Gasteiger partial charge in [0.1, 0.15) is 11.5 Å². The summed E-state index contributed by atoms with van der Waals surface area (Å²) in [4.78, 5) is 27.8. The summed E-state index contributed by atoms with van der Waals surface area (Å²) in [6, 6.07) is 18.3. The first-order valence-electron chi connectivity index (χ1n) is 11.1. The number of nitrogens with zero attached hydrogens (tertiary/aromatic N) is 2. The molecule has 1 aliphatic carbocycles. The Morgan fingerprint density at radius 3 is 1.35 bits per heavy atom. The van der Waals surface area contributed by atoms with E-state index in [1.54, 1.807) is 62.8 Å². The standard InChI is InChI=1S/C28H26N2O4/c1-33-21-13-9-19(10-14-21)25-23(7-3-5-17-29)27(31)24(8-4-6-18-30)26(28(25)32)20-11-15-22(34-2)16-12-20/h9-16H,3-8H2,1-2H3. The van der Waals surface area contributed by atoms with Gasteiger partial charge in [-0.1, -0.05) is 24.3 Å². The number of ketones is 2. The van der Waals surface area contributed by atoms with Crippen LogP contribution in [0.5, 0.6) is 11.5 Å². The summed E-state index contributed by atoms with van der Waals surface area (Å²) in [7, 11) is 3.13. The fraction of sp³-hybridized carbons (Fsp3) is 0.286. The normalized spacial score (nSPS) is 13.5. The summed E-state index contributed by atoms with van der Waals surface area (Å²) in [6.07, 6.45) is 2.20. The highest BCUT2D eigenvalue weighted by Gasteiger charge is 2.35. The third-order valence-corrected chi connectivity index (χ3v) is 5.79. The number of ether oxygens (including phenoxy) is 2. The Hall–Kier alpha value is -4.16. The molecule has 172 valence electrons. The molecule has 0 spiro atoms. The molecule has 1 aliphatic rings. The monoisotopic (exact) mass is 454 g/mol. The van der Waals surface area contributed by atoms with Gasteiger partial charge < -0.3 is 9.47 Å². The van der Waals surface area contributed by atoms with Crippen molar-refractivity contribution >= 4 is 22.7 Å². The van der Waals surface area contributed by atoms with Gasteiger partial charge in [0.25, 0.3) is 0 Å². The van der Waals surface area contributed by atoms with Crippen LogP contribution in [0.1, 0.15) is 49.7 Å². The molecule has 0 N–H and O–H groups in total. The molecule has 2 aromatic carbocycles. The smallest absolute Gasteiger partial charge is 0.195 e. The van der Waals surface area contributed by atoms with E-state index in [1.165, 1.54) is 0 Å². The van der Waals surface area contributed by atoms with Gasteiger partial charge in [0.2, 0.25) is 0 Å². The predicted octanol–water partition coefficient (Wildman–Crippen LogP) is 5.45. The highest BCUT2D eigenvalue weighted by atomic mass is 16.5. The lowest BCUT2D eigenvalue weighted by Crippen LogP contribution is -2.23. The number of Topliss-reactive ketones (excluding diaryl/α,β-unsaturated/α-hetero) is 2. The summed E-state index contributed by atoms with van der Waals surface area (Å²) in [5.74, 6) is 0.877. The molecule has 0 atom stereocenters. The molecular formula is C28H26N2O4. The van der Waals surface area contributed by atoms with Crippen molar-refractivity contribution in [3.63, 3.8) is 0 Å². The van der Waals surface area contributed by atoms with Crippen molar-refractivity contribution in [3.05, 3.63) is 70.8 Å². The maximum Gasteiger partial charge on any atom is 0.195 e. The Balaban J connectivity index is 2.17. The number of carbonyl (C=O) groups excluding carboxylic acids is 2. The number of hydrogen-bond acceptors (Lipinski definition) is 6. The van der Waals surface area contributed by atoms with E-state index in [4.69, 9.17) is 20.0 Å². The Kier molecular flexibility index (Phi) is 8.37. The maximum atomic E-state index is 14.0. The maximum absolute atomic E-state index is 14.0. The van der Waals surface area contributed by atoms with E-state index in [9.17, 15) is 9.59 Å². The SMILES string of the molecule is COc1ccc(C2=C(CCCC#N)C(=O)C(CCCC#N)=C(c3ccc(OC)cc3)C2=O)cc1. The van der Waals surface area contributed by atoms with Crippen molar-refractivity contribution in [2.24, 2.45) is 0 Å². The number of benzene rings is 2. The first-order valence-corrected chi connectivity index (χ1v) is 11.1. The summed E-state index contributed by atoms with van der Waals surface area (Å²) >= 11 is 0. The molecule has 0 radical (unpaired) electrons. The minimum Gasteiger partial charge on any atom is -0.497 e. The summed E-state index contributed by atoms with van der Waals surface area (Å²) in [5, 5.41) is 18.0. The van der Waals surface area contributed by atoms with Gasteiger partial charge in [-0.15, -0.1) is 0 Å². The minimum atomic E-state index is -0.228. The molecular weight excluding hydrogens is 428 g/mol. The van der Waals surface area contributed by atoms with Crippen molar-refractivity contribution < 1.29 is 19.1 Å². The van der Waals surface area contributed by atoms with Crippen LogP contribution in [0.2, 0.25) is 0 Å². The molecule has 34 heavy (non-hydrogen) atoms. The summed E-state index contributed by atoms with van der Waals surface area (Å²) < 4.78 is 10.5. The van der Waals surface area contributed by atoms with Crippen LogP contribution in [0.25, 0.3) is 11.1 Å². The zero-order chi connectivity index (χ0) is 24.5. The second kappa shape index (κ2) is 11.6. The van der Waals surface area contributed by atoms with Gasteiger partial charge in [-0.3, -0.25) is 9.59 Å². The van der Waals surface area contributed by atoms with E-state index < -0.39 is 0 Å². The fourth-order valence-electron chi connectivity index (χ4n) is 4.10. The molecule has 0 unspecified atom stereocenters. The van der Waals surface area contributed by atoms with Gasteiger partial charge in [0.15, 0.2) is 11.6 Å². The molecule has 0 fully saturated rings. The minimum absolute atomic E-state index is 0.188. The van der Waals surface area contributed by atoms with Crippen molar-refractivity contribution in [1.82, 2.24) is 0 Å². The first-order chi connectivity index (χ1) is 16.5. The highest BCUT2D eigenvalue weighted by molar-refractivity contribution is 6.50. The van der Waals surface area contributed by atoms with Crippen LogP contribution in [0.15, 0.2) is 59.7 Å². The molecule has 0 saturated carbocycles. The fourth-order valence-corrected chi connectivity index (χ4v) is 4.10. The second-order valence-corrected chi connectivity index (χ2v) is 7.85. The molecule has 0 aromatic heterocycles. The zero-order valence-corrected chi connectivity index (χ0v) is 19.4. The van der Waals surface area contributed by atoms with Gasteiger partial charge >= 0.3 is 0 Å². The highest BCUT2D eigenvalue weighted by Crippen LogP contribution is 2.40. The molecule has 0 heterocycles. The molecule has 0 saturated heterocycles. The number of hydrogen-bond donors (Lipinski definition) is 0. The van der Waals surface area contributed by atoms with Crippen LogP contribution >= 0.6 is 0 Å². The van der Waals surface area contributed by atoms with E-state index in [-0.39, 0.29) is 11.6 Å². The van der Waals surface area contributed by atoms with Gasteiger partial charge in [-0.2, -0.15) is 10.5 Å². The van der Waals surface area contributed by atoms with Crippen molar-refractivity contribution in [3.8, 4) is 23.6 Å². The largest absolute Gasteiger partial charge is 0.497 e. The van der Waals surface area contributed by atoms with E-state index in [0.29, 0.717) is 83.4 Å². The molecule has 0 amide bonds. The number of unbranched alkanes of at least 4 members (excludes halogenated alkanes) is 2. The van der Waals surface area contributed by atoms with E-state index in [0.717, 1.165) is 0 Å². The third kappa shape index (κ3) is 5.24. The molecule has 2 aromatic rings. The number of allylic oxidation sites excluding steroid dienone is 4. The van der Waals surface area contributed by atoms with E-state index in [1.807, 2.05) is 0 Å². The molecule has 3 rings (SSSR count). The number of methoxy groups -OCH3 is 2. The van der Waals surface area contributed by atoms with Crippen LogP contribution in [0.3, 0.4) is 0 Å². The second-order valence-electron chi connectivity index (χ2n) is 7.85. The molecule has 0 bridgehead atoms. The average Bonchev–Trinajstić information content (AvgIpc) is 2.87. The van der Waals surface area contributed by atoms with Crippen LogP contribution in [-0.2, 0) is 9.59 Å². The van der Waals surface area contributed by atoms with Gasteiger partial charge in [-0.25, -0.2) is 0 Å². The Morgan fingerprint density at radius 2 is 1.03 bits per heavy atom. The number of rotatable bonds is 10. The van der Waals surface area contributed by atoms with E-state index in [2.05, 4.69) is 12.1 Å². The lowest BCUT2D eigenvalue weighted by molar-refractivity contribution is -0.114. The van der Waals surface area contributed by atoms with Crippen molar-refractivity contribution in [1.29, 1.82) is 10.5 Å². The van der Waals surface area contributed by atoms with Crippen LogP contribution in [0, 0.1) is 22.7 Å². The van der Waals surface area contributed by atoms with Crippen LogP contribution in [0.4, 0.5) is 0 Å². The topological polar surface area (TPSA) is 100 Å². The van der Waals surface area contributed by atoms with Crippen LogP contribution in [-0.4, -0.2) is 25.8 Å². The molecule has 6 nitrogen and oxygen atoms in total. The van der Waals surface area contributed by atoms with Gasteiger partial charge in [0, 0.05) is 35.1 Å². The Labute approximate surface area is 199 Å². The number of carbonyl (C=O) groups is 2. The quantitative estimate of drug-likeness (QED) is 0.349. The van der Waals surface area contributed by atoms with Crippen molar-refractivity contribution in [2.75, 3.05) is 14.2 Å². The lowest BCUT2D eigenvalue weighted by Gasteiger charge is -2.25. The third-order valence-electron chi connectivity index (χ3n) is 5.79. The lowest BCUT2D eigenvalue weighted by atomic mass is 9.76. The van der Waals surface area contributed by atoms with E-state index >= 15 is 0 Å². The summed E-state index contributed by atoms with van der Waals surface area (Å²) in [6.45, 7) is 0. The zero-order valence-electron chi connectivity index (χ0n) is 19.4.